The quantitative estimate of drug-likeness (QED) is 0.0499. The van der Waals surface area contributed by atoms with Crippen molar-refractivity contribution in [1.82, 2.24) is 0 Å². The molecule has 0 spiro atoms. The van der Waals surface area contributed by atoms with Gasteiger partial charge in [0.1, 0.15) is 22.7 Å². The first kappa shape index (κ1) is 56.6. The highest BCUT2D eigenvalue weighted by Gasteiger charge is 2.49. The molecule has 0 bridgehead atoms. The van der Waals surface area contributed by atoms with Gasteiger partial charge in [-0.1, -0.05) is 203 Å². The first-order chi connectivity index (χ1) is 39.6. The predicted octanol–water partition coefficient (Wildman–Crippen LogP) is 23.0. The van der Waals surface area contributed by atoms with E-state index in [1.165, 1.54) is 154 Å². The summed E-state index contributed by atoms with van der Waals surface area (Å²) < 4.78 is 13.2. The Kier molecular flexibility index (Phi) is 16.2. The fraction of sp³-hybridized carbons (Fsp3) is 0.359. The lowest BCUT2D eigenvalue weighted by Crippen LogP contribution is -2.41. The second kappa shape index (κ2) is 23.5. The van der Waals surface area contributed by atoms with Crippen molar-refractivity contribution in [2.45, 2.75) is 181 Å². The Morgan fingerprint density at radius 1 is 0.329 bits per heavy atom. The van der Waals surface area contributed by atoms with E-state index in [9.17, 15) is 0 Å². The van der Waals surface area contributed by atoms with E-state index in [1.54, 1.807) is 0 Å². The molecule has 9 aromatic rings. The van der Waals surface area contributed by atoms with Crippen molar-refractivity contribution in [3.05, 3.63) is 204 Å². The Balaban J connectivity index is 1.10. The number of para-hydroxylation sites is 4. The molecule has 9 aromatic carbocycles. The van der Waals surface area contributed by atoms with Crippen molar-refractivity contribution in [2.24, 2.45) is 0 Å². The fourth-order valence-corrected chi connectivity index (χ4v) is 13.2. The number of aryl methyl sites for hydroxylation is 2. The van der Waals surface area contributed by atoms with Crippen LogP contribution in [-0.4, -0.2) is 11.2 Å². The summed E-state index contributed by atoms with van der Waals surface area (Å²) in [6.45, 7) is 22.8. The second-order valence-corrected chi connectivity index (χ2v) is 25.7. The van der Waals surface area contributed by atoms with Gasteiger partial charge in [0, 0.05) is 55.8 Å². The van der Waals surface area contributed by atoms with Crippen molar-refractivity contribution in [3.63, 3.8) is 0 Å². The zero-order chi connectivity index (χ0) is 57.2. The van der Waals surface area contributed by atoms with E-state index in [1.807, 2.05) is 0 Å². The number of nitrogens with zero attached hydrogens (tertiary/aromatic N) is 2. The molecule has 422 valence electrons. The summed E-state index contributed by atoms with van der Waals surface area (Å²) in [5.41, 5.74) is 16.3. The zero-order valence-corrected chi connectivity index (χ0v) is 50.9. The highest BCUT2D eigenvalue weighted by molar-refractivity contribution is 6.13. The smallest absolute Gasteiger partial charge is 0.124 e. The van der Waals surface area contributed by atoms with Gasteiger partial charge < -0.3 is 19.3 Å². The van der Waals surface area contributed by atoms with E-state index in [2.05, 4.69) is 261 Å². The second-order valence-electron chi connectivity index (χ2n) is 25.7. The van der Waals surface area contributed by atoms with Crippen LogP contribution in [0.25, 0.3) is 43.8 Å². The van der Waals surface area contributed by atoms with Crippen molar-refractivity contribution in [1.29, 1.82) is 0 Å². The van der Waals surface area contributed by atoms with Crippen LogP contribution in [0.1, 0.15) is 169 Å². The molecule has 0 unspecified atom stereocenters. The largest absolute Gasteiger partial charge is 0.487 e. The molecule has 0 N–H and O–H groups in total. The van der Waals surface area contributed by atoms with Gasteiger partial charge in [-0.05, 0) is 182 Å². The minimum atomic E-state index is -0.317. The SMILES string of the molecule is CCCCCCCCc1c(CCCCCCCC)c2cc(N(c3ccccc3)c3ccccc3-c3ccc4c(c3)C(C)(C)C(C)(C)O4)ccc2c2ccc(N(c3ccccc3)c3ccccc3-c3ccc4c(c3)C(C)(C)C(C)(C)O4)cc12. The normalized spacial score (nSPS) is 15.2. The lowest BCUT2D eigenvalue weighted by molar-refractivity contribution is 0.0711. The molecular weight excluding hydrogens is 997 g/mol. The Labute approximate surface area is 491 Å². The number of fused-ring (bicyclic) bond motifs is 5. The van der Waals surface area contributed by atoms with Gasteiger partial charge in [-0.3, -0.25) is 0 Å². The summed E-state index contributed by atoms with van der Waals surface area (Å²) in [6, 6.07) is 68.5. The molecule has 4 heteroatoms. The van der Waals surface area contributed by atoms with Gasteiger partial charge in [0.2, 0.25) is 0 Å². The van der Waals surface area contributed by atoms with Gasteiger partial charge in [0.15, 0.2) is 0 Å². The summed E-state index contributed by atoms with van der Waals surface area (Å²) in [7, 11) is 0. The number of ether oxygens (including phenoxy) is 2. The highest BCUT2D eigenvalue weighted by atomic mass is 16.5. The van der Waals surface area contributed by atoms with Crippen LogP contribution >= 0.6 is 0 Å². The number of anilines is 6. The molecule has 0 aromatic heterocycles. The number of benzene rings is 9. The maximum Gasteiger partial charge on any atom is 0.124 e. The maximum atomic E-state index is 6.59. The van der Waals surface area contributed by atoms with Crippen LogP contribution in [0.3, 0.4) is 0 Å². The molecule has 0 radical (unpaired) electrons. The summed E-state index contributed by atoms with van der Waals surface area (Å²) in [5.74, 6) is 1.97. The van der Waals surface area contributed by atoms with E-state index in [0.717, 1.165) is 47.1 Å². The van der Waals surface area contributed by atoms with Crippen molar-refractivity contribution in [2.75, 3.05) is 9.80 Å². The minimum Gasteiger partial charge on any atom is -0.487 e. The monoisotopic (exact) mass is 1080 g/mol. The Hall–Kier alpha value is -7.30. The molecule has 4 nitrogen and oxygen atoms in total. The first-order valence-corrected chi connectivity index (χ1v) is 31.2. The molecule has 82 heavy (non-hydrogen) atoms. The summed E-state index contributed by atoms with van der Waals surface area (Å²) in [5, 5.41) is 5.39. The number of rotatable bonds is 22. The molecule has 0 saturated heterocycles. The highest BCUT2D eigenvalue weighted by Crippen LogP contribution is 2.53. The molecule has 2 aliphatic heterocycles. The van der Waals surface area contributed by atoms with Crippen molar-refractivity contribution >= 4 is 55.7 Å². The van der Waals surface area contributed by atoms with Crippen LogP contribution in [0.4, 0.5) is 34.1 Å². The van der Waals surface area contributed by atoms with Gasteiger partial charge in [0.05, 0.1) is 11.4 Å². The number of hydrogen-bond acceptors (Lipinski definition) is 4. The third-order valence-electron chi connectivity index (χ3n) is 19.4. The van der Waals surface area contributed by atoms with Crippen LogP contribution in [0, 0.1) is 0 Å². The summed E-state index contributed by atoms with van der Waals surface area (Å²) in [4.78, 5) is 5.02. The average molecular weight is 1090 g/mol. The maximum absolute atomic E-state index is 6.59. The third kappa shape index (κ3) is 10.7. The minimum absolute atomic E-state index is 0.161. The van der Waals surface area contributed by atoms with Crippen LogP contribution in [0.5, 0.6) is 11.5 Å². The van der Waals surface area contributed by atoms with E-state index in [0.29, 0.717) is 0 Å². The third-order valence-corrected chi connectivity index (χ3v) is 19.4. The molecule has 0 atom stereocenters. The van der Waals surface area contributed by atoms with Gasteiger partial charge in [0.25, 0.3) is 0 Å². The van der Waals surface area contributed by atoms with Gasteiger partial charge in [-0.15, -0.1) is 0 Å². The van der Waals surface area contributed by atoms with Crippen LogP contribution in [0.2, 0.25) is 0 Å². The molecular formula is C78H88N2O2. The van der Waals surface area contributed by atoms with E-state index < -0.39 is 0 Å². The lowest BCUT2D eigenvalue weighted by atomic mass is 9.73. The predicted molar refractivity (Wildman–Crippen MR) is 351 cm³/mol. The van der Waals surface area contributed by atoms with Crippen LogP contribution in [0.15, 0.2) is 182 Å². The van der Waals surface area contributed by atoms with Crippen LogP contribution in [-0.2, 0) is 23.7 Å². The summed E-state index contributed by atoms with van der Waals surface area (Å²) in [6.07, 6.45) is 17.2. The molecule has 11 rings (SSSR count). The molecule has 0 fully saturated rings. The van der Waals surface area contributed by atoms with Crippen LogP contribution < -0.4 is 19.3 Å². The van der Waals surface area contributed by atoms with E-state index >= 15 is 0 Å². The van der Waals surface area contributed by atoms with E-state index in [4.69, 9.17) is 9.47 Å². The van der Waals surface area contributed by atoms with Gasteiger partial charge >= 0.3 is 0 Å². The topological polar surface area (TPSA) is 24.9 Å². The molecule has 2 aliphatic rings. The van der Waals surface area contributed by atoms with Gasteiger partial charge in [-0.2, -0.15) is 0 Å². The summed E-state index contributed by atoms with van der Waals surface area (Å²) >= 11 is 0. The van der Waals surface area contributed by atoms with E-state index in [-0.39, 0.29) is 22.0 Å². The van der Waals surface area contributed by atoms with Crippen molar-refractivity contribution in [3.8, 4) is 33.8 Å². The lowest BCUT2D eigenvalue weighted by Gasteiger charge is -2.33. The van der Waals surface area contributed by atoms with Gasteiger partial charge in [-0.25, -0.2) is 0 Å². The fourth-order valence-electron chi connectivity index (χ4n) is 13.2. The Morgan fingerprint density at radius 2 is 0.695 bits per heavy atom. The molecule has 2 heterocycles. The standard InChI is InChI=1S/C78H88N2O2/c1-11-13-15-17-19-27-39-63-64(40-28-20-18-16-14-12-2)68-54-60(80(58-35-25-22-26-36-58)72-42-32-30-38-62(72)56-44-50-74-70(52-56)76(5,6)78(9,10)82-74)46-48-66(68)65-47-45-59(53-67(63)65)79(57-33-23-21-24-34-57)71-41-31-29-37-61(71)55-43-49-73-69(51-55)75(3,4)77(7,8)81-73/h21-26,29-38,41-54H,11-20,27-28,39-40H2,1-10H3. The zero-order valence-electron chi connectivity index (χ0n) is 50.9. The molecule has 0 aliphatic carbocycles. The number of unbranched alkanes of at least 4 members (excludes halogenated alkanes) is 10. The molecule has 0 saturated carbocycles. The van der Waals surface area contributed by atoms with Crippen molar-refractivity contribution < 1.29 is 9.47 Å². The average Bonchev–Trinajstić information content (AvgIpc) is 2.36. The molecule has 0 amide bonds. The number of hydrogen-bond donors (Lipinski definition) is 0. The Morgan fingerprint density at radius 3 is 1.10 bits per heavy atom. The Bertz CT molecular complexity index is 3460. The first-order valence-electron chi connectivity index (χ1n) is 31.2.